The Morgan fingerprint density at radius 2 is 2.00 bits per heavy atom. The third-order valence-corrected chi connectivity index (χ3v) is 3.76. The molecule has 0 fully saturated rings. The minimum absolute atomic E-state index is 0.144. The van der Waals surface area contributed by atoms with Crippen LogP contribution in [0.5, 0.6) is 0 Å². The number of amides is 2. The van der Waals surface area contributed by atoms with Crippen LogP contribution in [-0.2, 0) is 16.0 Å². The molecule has 140 valence electrons. The lowest BCUT2D eigenvalue weighted by molar-refractivity contribution is -0.117. The molecule has 1 unspecified atom stereocenters. The second kappa shape index (κ2) is 10.9. The Morgan fingerprint density at radius 3 is 2.50 bits per heavy atom. The fourth-order valence-electron chi connectivity index (χ4n) is 2.25. The van der Waals surface area contributed by atoms with Crippen LogP contribution in [0, 0.1) is 11.3 Å². The summed E-state index contributed by atoms with van der Waals surface area (Å²) in [4.78, 5) is 25.4. The number of aryl methyl sites for hydroxylation is 1. The molecule has 0 radical (unpaired) electrons. The molecule has 0 aromatic heterocycles. The Hall–Kier alpha value is -2.85. The average Bonchev–Trinajstić information content (AvgIpc) is 2.65. The molecule has 0 aliphatic carbocycles. The van der Waals surface area contributed by atoms with Crippen LogP contribution in [0.15, 0.2) is 36.0 Å². The number of nitrogens with two attached hydrogens (primary N) is 1. The summed E-state index contributed by atoms with van der Waals surface area (Å²) in [6.45, 7) is 6.08. The number of hydrogen-bond donors (Lipinski definition) is 2. The minimum atomic E-state index is -0.651. The fourth-order valence-corrected chi connectivity index (χ4v) is 2.25. The first kappa shape index (κ1) is 21.2. The van der Waals surface area contributed by atoms with Crippen molar-refractivity contribution in [3.63, 3.8) is 0 Å². The second-order valence-corrected chi connectivity index (χ2v) is 5.63. The van der Waals surface area contributed by atoms with Crippen molar-refractivity contribution in [1.82, 2.24) is 10.2 Å². The van der Waals surface area contributed by atoms with Crippen molar-refractivity contribution in [2.24, 2.45) is 5.73 Å². The first-order chi connectivity index (χ1) is 12.5. The van der Waals surface area contributed by atoms with E-state index in [0.717, 1.165) is 16.9 Å². The van der Waals surface area contributed by atoms with Crippen molar-refractivity contribution in [3.8, 4) is 6.07 Å². The van der Waals surface area contributed by atoms with Gasteiger partial charge in [0.1, 0.15) is 11.6 Å². The SMILES string of the molecule is CCOC(=O)N(/C=C(/C#N)C(=O)NC(C)c1ccc(CC)cc1)CCN. The Bertz CT molecular complexity index is 677. The van der Waals surface area contributed by atoms with E-state index in [1.165, 1.54) is 11.8 Å². The van der Waals surface area contributed by atoms with E-state index in [9.17, 15) is 14.9 Å². The molecule has 1 rings (SSSR count). The largest absolute Gasteiger partial charge is 0.449 e. The maximum atomic E-state index is 12.4. The third-order valence-electron chi connectivity index (χ3n) is 3.76. The average molecular weight is 358 g/mol. The van der Waals surface area contributed by atoms with Gasteiger partial charge in [0.15, 0.2) is 0 Å². The molecule has 0 bridgehead atoms. The van der Waals surface area contributed by atoms with Gasteiger partial charge in [-0.2, -0.15) is 5.26 Å². The van der Waals surface area contributed by atoms with Gasteiger partial charge in [0.25, 0.3) is 5.91 Å². The first-order valence-corrected chi connectivity index (χ1v) is 8.61. The summed E-state index contributed by atoms with van der Waals surface area (Å²) in [5, 5.41) is 12.1. The summed E-state index contributed by atoms with van der Waals surface area (Å²) in [6, 6.07) is 9.43. The number of carbonyl (C=O) groups is 2. The lowest BCUT2D eigenvalue weighted by atomic mass is 10.0. The normalized spacial score (nSPS) is 12.0. The van der Waals surface area contributed by atoms with Crippen LogP contribution in [0.3, 0.4) is 0 Å². The molecule has 7 heteroatoms. The topological polar surface area (TPSA) is 108 Å². The predicted molar refractivity (Wildman–Crippen MR) is 98.9 cm³/mol. The van der Waals surface area contributed by atoms with Gasteiger partial charge >= 0.3 is 6.09 Å². The van der Waals surface area contributed by atoms with Gasteiger partial charge in [0, 0.05) is 19.3 Å². The lowest BCUT2D eigenvalue weighted by Crippen LogP contribution is -2.34. The molecule has 1 aromatic rings. The van der Waals surface area contributed by atoms with E-state index in [1.54, 1.807) is 6.92 Å². The van der Waals surface area contributed by atoms with Gasteiger partial charge in [-0.3, -0.25) is 9.69 Å². The second-order valence-electron chi connectivity index (χ2n) is 5.63. The van der Waals surface area contributed by atoms with Crippen LogP contribution in [0.2, 0.25) is 0 Å². The minimum Gasteiger partial charge on any atom is -0.449 e. The van der Waals surface area contributed by atoms with Gasteiger partial charge in [-0.05, 0) is 31.4 Å². The molecule has 0 saturated heterocycles. The van der Waals surface area contributed by atoms with E-state index in [4.69, 9.17) is 10.5 Å². The molecule has 1 aromatic carbocycles. The zero-order valence-electron chi connectivity index (χ0n) is 15.5. The lowest BCUT2D eigenvalue weighted by Gasteiger charge is -2.18. The number of nitrogens with zero attached hydrogens (tertiary/aromatic N) is 2. The Labute approximate surface area is 154 Å². The summed E-state index contributed by atoms with van der Waals surface area (Å²) in [5.74, 6) is -0.564. The fraction of sp³-hybridized carbons (Fsp3) is 0.421. The first-order valence-electron chi connectivity index (χ1n) is 8.61. The number of rotatable bonds is 8. The Balaban J connectivity index is 2.88. The summed E-state index contributed by atoms with van der Waals surface area (Å²) in [5.41, 5.74) is 7.42. The molecule has 0 spiro atoms. The molecule has 0 saturated carbocycles. The van der Waals surface area contributed by atoms with Crippen LogP contribution in [0.1, 0.15) is 37.9 Å². The van der Waals surface area contributed by atoms with Gasteiger partial charge in [0.05, 0.1) is 12.6 Å². The number of ether oxygens (including phenoxy) is 1. The van der Waals surface area contributed by atoms with Gasteiger partial charge in [-0.15, -0.1) is 0 Å². The highest BCUT2D eigenvalue weighted by molar-refractivity contribution is 5.97. The summed E-state index contributed by atoms with van der Waals surface area (Å²) >= 11 is 0. The molecule has 7 nitrogen and oxygen atoms in total. The summed E-state index contributed by atoms with van der Waals surface area (Å²) in [7, 11) is 0. The number of hydrogen-bond acceptors (Lipinski definition) is 5. The highest BCUT2D eigenvalue weighted by Crippen LogP contribution is 2.14. The predicted octanol–water partition coefficient (Wildman–Crippen LogP) is 2.25. The highest BCUT2D eigenvalue weighted by Gasteiger charge is 2.18. The van der Waals surface area contributed by atoms with Gasteiger partial charge in [-0.25, -0.2) is 4.79 Å². The van der Waals surface area contributed by atoms with Crippen molar-refractivity contribution in [2.75, 3.05) is 19.7 Å². The smallest absolute Gasteiger partial charge is 0.413 e. The molecular formula is C19H26N4O3. The standard InChI is InChI=1S/C19H26N4O3/c1-4-15-6-8-16(9-7-15)14(3)22-18(24)17(12-21)13-23(11-10-20)19(25)26-5-2/h6-9,13-14H,4-5,10-11,20H2,1-3H3,(H,22,24)/b17-13-. The van der Waals surface area contributed by atoms with Gasteiger partial charge < -0.3 is 15.8 Å². The number of nitrogens with one attached hydrogen (secondary N) is 1. The van der Waals surface area contributed by atoms with Crippen molar-refractivity contribution >= 4 is 12.0 Å². The Kier molecular flexibility index (Phi) is 8.88. The van der Waals surface area contributed by atoms with Crippen molar-refractivity contribution in [3.05, 3.63) is 47.2 Å². The van der Waals surface area contributed by atoms with Crippen LogP contribution < -0.4 is 11.1 Å². The monoisotopic (exact) mass is 358 g/mol. The van der Waals surface area contributed by atoms with E-state index >= 15 is 0 Å². The van der Waals surface area contributed by atoms with E-state index in [-0.39, 0.29) is 31.3 Å². The number of carbonyl (C=O) groups excluding carboxylic acids is 2. The quantitative estimate of drug-likeness (QED) is 0.547. The maximum Gasteiger partial charge on any atom is 0.413 e. The molecule has 0 heterocycles. The maximum absolute atomic E-state index is 12.4. The van der Waals surface area contributed by atoms with Gasteiger partial charge in [-0.1, -0.05) is 31.2 Å². The number of benzene rings is 1. The zero-order chi connectivity index (χ0) is 19.5. The highest BCUT2D eigenvalue weighted by atomic mass is 16.6. The zero-order valence-corrected chi connectivity index (χ0v) is 15.5. The van der Waals surface area contributed by atoms with E-state index in [0.29, 0.717) is 0 Å². The van der Waals surface area contributed by atoms with E-state index in [2.05, 4.69) is 12.2 Å². The van der Waals surface area contributed by atoms with Gasteiger partial charge in [0.2, 0.25) is 0 Å². The molecule has 1 atom stereocenters. The van der Waals surface area contributed by atoms with Crippen molar-refractivity contribution < 1.29 is 14.3 Å². The van der Waals surface area contributed by atoms with E-state index < -0.39 is 12.0 Å². The molecule has 2 amide bonds. The Morgan fingerprint density at radius 1 is 1.35 bits per heavy atom. The number of nitriles is 1. The van der Waals surface area contributed by atoms with Crippen molar-refractivity contribution in [2.45, 2.75) is 33.2 Å². The van der Waals surface area contributed by atoms with Crippen LogP contribution in [-0.4, -0.2) is 36.6 Å². The third kappa shape index (κ3) is 6.22. The van der Waals surface area contributed by atoms with Crippen LogP contribution in [0.25, 0.3) is 0 Å². The van der Waals surface area contributed by atoms with Crippen LogP contribution in [0.4, 0.5) is 4.79 Å². The summed E-state index contributed by atoms with van der Waals surface area (Å²) in [6.07, 6.45) is 1.46. The molecule has 0 aliphatic heterocycles. The molecule has 26 heavy (non-hydrogen) atoms. The van der Waals surface area contributed by atoms with E-state index in [1.807, 2.05) is 37.3 Å². The summed E-state index contributed by atoms with van der Waals surface area (Å²) < 4.78 is 4.90. The molecular weight excluding hydrogens is 332 g/mol. The molecule has 0 aliphatic rings. The molecule has 3 N–H and O–H groups in total. The van der Waals surface area contributed by atoms with Crippen molar-refractivity contribution in [1.29, 1.82) is 5.26 Å². The van der Waals surface area contributed by atoms with Crippen LogP contribution >= 0.6 is 0 Å².